The molecule has 4 rings (SSSR count). The monoisotopic (exact) mass is 497 g/mol. The lowest BCUT2D eigenvalue weighted by Gasteiger charge is -2.05. The maximum atomic E-state index is 12.8. The van der Waals surface area contributed by atoms with Crippen LogP contribution in [0.15, 0.2) is 62.7 Å². The molecule has 0 aliphatic carbocycles. The Morgan fingerprint density at radius 1 is 1.22 bits per heavy atom. The topological polar surface area (TPSA) is 180 Å². The first-order valence-corrected chi connectivity index (χ1v) is 9.62. The van der Waals surface area contributed by atoms with Crippen molar-refractivity contribution in [2.45, 2.75) is 0 Å². The molecule has 0 radical (unpaired) electrons. The number of nitrogens with two attached hydrogens (primary N) is 1. The molecule has 0 aliphatic rings. The number of hydrogen-bond donors (Lipinski definition) is 2. The number of hydrazone groups is 1. The molecule has 0 fully saturated rings. The first-order valence-electron chi connectivity index (χ1n) is 8.82. The number of benzene rings is 2. The molecular weight excluding hydrogens is 486 g/mol. The molecule has 0 saturated heterocycles. The van der Waals surface area contributed by atoms with Gasteiger partial charge in [0.1, 0.15) is 5.69 Å². The largest absolute Gasteiger partial charge is 0.378 e. The molecule has 0 aliphatic heterocycles. The number of hydrogen-bond acceptors (Lipinski definition) is 10. The quantitative estimate of drug-likeness (QED) is 0.229. The lowest BCUT2D eigenvalue weighted by Crippen LogP contribution is -2.19. The highest BCUT2D eigenvalue weighted by atomic mass is 79.9. The van der Waals surface area contributed by atoms with Crippen LogP contribution in [0.5, 0.6) is 0 Å². The van der Waals surface area contributed by atoms with E-state index in [9.17, 15) is 14.9 Å². The Hall–Kier alpha value is -4.46. The average molecular weight is 498 g/mol. The summed E-state index contributed by atoms with van der Waals surface area (Å²) in [6, 6.07) is 12.8. The summed E-state index contributed by atoms with van der Waals surface area (Å²) in [5.41, 5.74) is 9.19. The maximum absolute atomic E-state index is 12.8. The maximum Gasteiger partial charge on any atom is 0.294 e. The number of halogens is 1. The Bertz CT molecular complexity index is 1330. The Morgan fingerprint density at radius 3 is 2.62 bits per heavy atom. The van der Waals surface area contributed by atoms with Gasteiger partial charge in [0.2, 0.25) is 11.6 Å². The van der Waals surface area contributed by atoms with E-state index in [-0.39, 0.29) is 28.7 Å². The third-order valence-corrected chi connectivity index (χ3v) is 4.93. The predicted molar refractivity (Wildman–Crippen MR) is 115 cm³/mol. The van der Waals surface area contributed by atoms with Gasteiger partial charge in [0.05, 0.1) is 11.1 Å². The van der Waals surface area contributed by atoms with Crippen LogP contribution >= 0.6 is 15.9 Å². The van der Waals surface area contributed by atoms with Crippen LogP contribution in [0.3, 0.4) is 0 Å². The van der Waals surface area contributed by atoms with Crippen LogP contribution in [-0.4, -0.2) is 42.4 Å². The van der Waals surface area contributed by atoms with Crippen molar-refractivity contribution in [2.75, 3.05) is 5.73 Å². The lowest BCUT2D eigenvalue weighted by molar-refractivity contribution is -0.384. The number of carbonyl (C=O) groups excluding carboxylic acids is 1. The van der Waals surface area contributed by atoms with Crippen LogP contribution in [0.25, 0.3) is 17.1 Å². The Kier molecular flexibility index (Phi) is 5.67. The van der Waals surface area contributed by atoms with E-state index in [1.54, 1.807) is 6.07 Å². The van der Waals surface area contributed by atoms with E-state index in [2.05, 4.69) is 51.7 Å². The molecule has 0 saturated carbocycles. The fourth-order valence-corrected chi connectivity index (χ4v) is 3.10. The van der Waals surface area contributed by atoms with E-state index in [1.165, 1.54) is 30.5 Å². The summed E-state index contributed by atoms with van der Waals surface area (Å²) in [6.07, 6.45) is 1.46. The van der Waals surface area contributed by atoms with Crippen molar-refractivity contribution in [3.8, 4) is 17.1 Å². The molecule has 0 spiro atoms. The molecule has 2 aromatic heterocycles. The van der Waals surface area contributed by atoms with E-state index in [4.69, 9.17) is 5.73 Å². The molecule has 2 aromatic carbocycles. The summed E-state index contributed by atoms with van der Waals surface area (Å²) in [6.45, 7) is 0. The number of amides is 1. The summed E-state index contributed by atoms with van der Waals surface area (Å²) in [5.74, 6) is -0.762. The van der Waals surface area contributed by atoms with Crippen LogP contribution in [-0.2, 0) is 0 Å². The smallest absolute Gasteiger partial charge is 0.294 e. The van der Waals surface area contributed by atoms with Gasteiger partial charge in [-0.05, 0) is 28.5 Å². The standard InChI is InChI=1S/C18H12BrN9O4/c19-13-4-2-1-3-11(13)9-21-23-18(29)14-15(10-5-7-12(8-6-10)28(30)31)27(26-22-14)17-16(20)24-32-25-17/h1-9H,(H2,20,24)(H,23,29). The number of rotatable bonds is 6. The van der Waals surface area contributed by atoms with Crippen LogP contribution in [0.2, 0.25) is 0 Å². The molecule has 0 unspecified atom stereocenters. The van der Waals surface area contributed by atoms with Gasteiger partial charge in [-0.25, -0.2) is 10.1 Å². The van der Waals surface area contributed by atoms with Crippen molar-refractivity contribution in [3.63, 3.8) is 0 Å². The molecule has 0 bridgehead atoms. The van der Waals surface area contributed by atoms with Gasteiger partial charge in [-0.2, -0.15) is 9.78 Å². The van der Waals surface area contributed by atoms with E-state index in [1.807, 2.05) is 18.2 Å². The van der Waals surface area contributed by atoms with E-state index >= 15 is 0 Å². The van der Waals surface area contributed by atoms with Gasteiger partial charge < -0.3 is 5.73 Å². The van der Waals surface area contributed by atoms with Gasteiger partial charge in [-0.15, -0.1) is 5.10 Å². The Balaban J connectivity index is 1.71. The molecule has 3 N–H and O–H groups in total. The predicted octanol–water partition coefficient (Wildman–Crippen LogP) is 2.33. The van der Waals surface area contributed by atoms with Gasteiger partial charge in [0, 0.05) is 27.7 Å². The number of non-ortho nitro benzene ring substituents is 1. The van der Waals surface area contributed by atoms with Gasteiger partial charge in [0.15, 0.2) is 5.69 Å². The molecule has 160 valence electrons. The summed E-state index contributed by atoms with van der Waals surface area (Å²) in [7, 11) is 0. The SMILES string of the molecule is Nc1nonc1-n1nnc(C(=O)NN=Cc2ccccc2Br)c1-c1ccc([N+](=O)[O-])cc1. The first-order chi connectivity index (χ1) is 15.5. The molecule has 2 heterocycles. The number of nitrogens with one attached hydrogen (secondary N) is 1. The Morgan fingerprint density at radius 2 is 1.97 bits per heavy atom. The van der Waals surface area contributed by atoms with Crippen molar-refractivity contribution >= 4 is 39.6 Å². The van der Waals surface area contributed by atoms with Gasteiger partial charge in [-0.1, -0.05) is 39.3 Å². The highest BCUT2D eigenvalue weighted by molar-refractivity contribution is 9.10. The van der Waals surface area contributed by atoms with Crippen LogP contribution in [0, 0.1) is 10.1 Å². The number of nitrogens with zero attached hydrogens (tertiary/aromatic N) is 7. The second-order valence-corrected chi connectivity index (χ2v) is 7.05. The number of aromatic nitrogens is 5. The van der Waals surface area contributed by atoms with Crippen LogP contribution in [0.1, 0.15) is 16.1 Å². The summed E-state index contributed by atoms with van der Waals surface area (Å²) >= 11 is 3.39. The van der Waals surface area contributed by atoms with Crippen LogP contribution < -0.4 is 11.2 Å². The summed E-state index contributed by atoms with van der Waals surface area (Å²) < 4.78 is 6.55. The normalized spacial score (nSPS) is 11.0. The lowest BCUT2D eigenvalue weighted by atomic mass is 10.1. The molecule has 4 aromatic rings. The summed E-state index contributed by atoms with van der Waals surface area (Å²) in [4.78, 5) is 23.2. The van der Waals surface area contributed by atoms with Crippen molar-refractivity contribution in [1.29, 1.82) is 0 Å². The van der Waals surface area contributed by atoms with Crippen molar-refractivity contribution in [2.24, 2.45) is 5.10 Å². The molecule has 14 heteroatoms. The average Bonchev–Trinajstić information content (AvgIpc) is 3.41. The van der Waals surface area contributed by atoms with E-state index < -0.39 is 10.8 Å². The molecule has 1 amide bonds. The fourth-order valence-electron chi connectivity index (χ4n) is 2.71. The molecular formula is C18H12BrN9O4. The van der Waals surface area contributed by atoms with Gasteiger partial charge in [0.25, 0.3) is 11.6 Å². The van der Waals surface area contributed by atoms with Gasteiger partial charge in [-0.3, -0.25) is 14.9 Å². The van der Waals surface area contributed by atoms with E-state index in [0.717, 1.165) is 14.7 Å². The number of nitro benzene ring substituents is 1. The Labute approximate surface area is 187 Å². The minimum absolute atomic E-state index is 0.00150. The zero-order valence-corrected chi connectivity index (χ0v) is 17.5. The number of nitro groups is 1. The van der Waals surface area contributed by atoms with Crippen molar-refractivity contribution < 1.29 is 14.3 Å². The van der Waals surface area contributed by atoms with E-state index in [0.29, 0.717) is 5.56 Å². The fraction of sp³-hybridized carbons (Fsp3) is 0. The molecule has 13 nitrogen and oxygen atoms in total. The van der Waals surface area contributed by atoms with Crippen molar-refractivity contribution in [3.05, 3.63) is 74.4 Å². The van der Waals surface area contributed by atoms with Crippen molar-refractivity contribution in [1.82, 2.24) is 30.7 Å². The first kappa shape index (κ1) is 20.8. The third-order valence-electron chi connectivity index (χ3n) is 4.21. The number of nitrogen functional groups attached to an aromatic ring is 1. The van der Waals surface area contributed by atoms with Crippen LogP contribution in [0.4, 0.5) is 11.5 Å². The third kappa shape index (κ3) is 4.06. The second-order valence-electron chi connectivity index (χ2n) is 6.20. The highest BCUT2D eigenvalue weighted by Crippen LogP contribution is 2.28. The minimum Gasteiger partial charge on any atom is -0.378 e. The highest BCUT2D eigenvalue weighted by Gasteiger charge is 2.25. The van der Waals surface area contributed by atoms with Gasteiger partial charge >= 0.3 is 0 Å². The zero-order valence-electron chi connectivity index (χ0n) is 15.9. The minimum atomic E-state index is -0.678. The zero-order chi connectivity index (χ0) is 22.7. The number of carbonyl (C=O) groups is 1. The molecule has 0 atom stereocenters. The summed E-state index contributed by atoms with van der Waals surface area (Å²) in [5, 5.41) is 29.9. The molecule has 32 heavy (non-hydrogen) atoms. The number of anilines is 1. The second kappa shape index (κ2) is 8.73.